The molecule has 2 heterocycles. The van der Waals surface area contributed by atoms with Crippen LogP contribution in [0.5, 0.6) is 11.5 Å². The number of benzene rings is 1. The second-order valence-corrected chi connectivity index (χ2v) is 7.44. The number of methoxy groups -OCH3 is 2. The summed E-state index contributed by atoms with van der Waals surface area (Å²) in [5.74, 6) is 1.86. The summed E-state index contributed by atoms with van der Waals surface area (Å²) in [6.45, 7) is 0. The van der Waals surface area contributed by atoms with Crippen LogP contribution in [0.15, 0.2) is 34.9 Å². The summed E-state index contributed by atoms with van der Waals surface area (Å²) in [5.41, 5.74) is 7.28. The van der Waals surface area contributed by atoms with Crippen molar-refractivity contribution in [3.63, 3.8) is 0 Å². The topological polar surface area (TPSA) is 87.3 Å². The Morgan fingerprint density at radius 1 is 1.23 bits per heavy atom. The van der Waals surface area contributed by atoms with Gasteiger partial charge < -0.3 is 15.2 Å². The first kappa shape index (κ1) is 18.5. The summed E-state index contributed by atoms with van der Waals surface area (Å²) in [7, 11) is 3.24. The number of nitrogens with two attached hydrogens (primary N) is 1. The average molecular weight is 390 g/mol. The molecule has 0 bridgehead atoms. The monoisotopic (exact) mass is 389 g/mol. The van der Waals surface area contributed by atoms with Crippen LogP contribution in [0.2, 0.25) is 0 Å². The minimum atomic E-state index is -0.278. The van der Waals surface area contributed by atoms with Gasteiger partial charge in [-0.1, -0.05) is 6.07 Å². The van der Waals surface area contributed by atoms with Gasteiger partial charge in [-0.25, -0.2) is 9.97 Å². The summed E-state index contributed by atoms with van der Waals surface area (Å²) < 4.78 is 10.7. The first-order valence-corrected chi connectivity index (χ1v) is 9.86. The lowest BCUT2D eigenvalue weighted by molar-refractivity contribution is -0.118. The molecule has 0 saturated heterocycles. The molecule has 0 aliphatic rings. The summed E-state index contributed by atoms with van der Waals surface area (Å²) in [5, 5.41) is 4.01. The number of nitrogens with zero attached hydrogens (tertiary/aromatic N) is 2. The molecule has 3 rings (SSSR count). The highest BCUT2D eigenvalue weighted by Gasteiger charge is 2.15. The fourth-order valence-electron chi connectivity index (χ4n) is 2.59. The van der Waals surface area contributed by atoms with Crippen LogP contribution in [0.3, 0.4) is 0 Å². The van der Waals surface area contributed by atoms with Crippen LogP contribution in [0.25, 0.3) is 21.3 Å². The van der Waals surface area contributed by atoms with Crippen molar-refractivity contribution >= 4 is 39.2 Å². The molecule has 1 aromatic carbocycles. The number of hydrogen-bond donors (Lipinski definition) is 1. The van der Waals surface area contributed by atoms with E-state index in [0.29, 0.717) is 17.9 Å². The van der Waals surface area contributed by atoms with E-state index in [0.717, 1.165) is 38.5 Å². The zero-order chi connectivity index (χ0) is 18.5. The summed E-state index contributed by atoms with van der Waals surface area (Å²) in [6.07, 6.45) is 2.68. The Labute approximate surface area is 159 Å². The van der Waals surface area contributed by atoms with Crippen molar-refractivity contribution in [3.05, 3.63) is 29.9 Å². The first-order valence-electron chi connectivity index (χ1n) is 7.99. The molecule has 0 atom stereocenters. The lowest BCUT2D eigenvalue weighted by atomic mass is 10.1. The zero-order valence-electron chi connectivity index (χ0n) is 14.5. The van der Waals surface area contributed by atoms with Gasteiger partial charge in [-0.3, -0.25) is 4.79 Å². The fourth-order valence-corrected chi connectivity index (χ4v) is 4.52. The minimum absolute atomic E-state index is 0.278. The largest absolute Gasteiger partial charge is 0.493 e. The molecule has 0 unspecified atom stereocenters. The maximum absolute atomic E-state index is 10.9. The number of rotatable bonds is 8. The number of thioether (sulfide) groups is 1. The number of carbonyl (C=O) groups is 1. The Balaban J connectivity index is 1.95. The van der Waals surface area contributed by atoms with Gasteiger partial charge in [0.05, 0.1) is 19.6 Å². The average Bonchev–Trinajstić information content (AvgIpc) is 3.09. The van der Waals surface area contributed by atoms with Gasteiger partial charge >= 0.3 is 0 Å². The molecular formula is C18H19N3O3S2. The van der Waals surface area contributed by atoms with Crippen LogP contribution in [0.4, 0.5) is 0 Å². The van der Waals surface area contributed by atoms with Crippen LogP contribution in [-0.4, -0.2) is 35.8 Å². The number of aromatic nitrogens is 2. The summed E-state index contributed by atoms with van der Waals surface area (Å²) >= 11 is 3.19. The van der Waals surface area contributed by atoms with Gasteiger partial charge in [0.25, 0.3) is 0 Å². The highest BCUT2D eigenvalue weighted by atomic mass is 32.2. The van der Waals surface area contributed by atoms with Crippen molar-refractivity contribution in [2.45, 2.75) is 17.9 Å². The number of thiophene rings is 1. The zero-order valence-corrected chi connectivity index (χ0v) is 16.2. The molecular weight excluding hydrogens is 370 g/mol. The molecule has 136 valence electrons. The highest BCUT2D eigenvalue weighted by Crippen LogP contribution is 2.40. The van der Waals surface area contributed by atoms with E-state index in [1.54, 1.807) is 43.6 Å². The van der Waals surface area contributed by atoms with E-state index >= 15 is 0 Å². The van der Waals surface area contributed by atoms with Crippen molar-refractivity contribution in [2.75, 3.05) is 20.0 Å². The molecule has 3 aromatic rings. The normalized spacial score (nSPS) is 10.8. The first-order chi connectivity index (χ1) is 12.6. The molecule has 0 aliphatic heterocycles. The number of fused-ring (bicyclic) bond motifs is 1. The molecule has 2 aromatic heterocycles. The van der Waals surface area contributed by atoms with E-state index < -0.39 is 0 Å². The van der Waals surface area contributed by atoms with E-state index in [-0.39, 0.29) is 5.91 Å². The highest BCUT2D eigenvalue weighted by molar-refractivity contribution is 7.99. The predicted octanol–water partition coefficient (Wildman–Crippen LogP) is 3.73. The van der Waals surface area contributed by atoms with Gasteiger partial charge in [-0.05, 0) is 24.1 Å². The number of primary amides is 1. The number of hydrogen-bond acceptors (Lipinski definition) is 7. The predicted molar refractivity (Wildman–Crippen MR) is 105 cm³/mol. The van der Waals surface area contributed by atoms with Gasteiger partial charge in [0, 0.05) is 23.1 Å². The van der Waals surface area contributed by atoms with Crippen LogP contribution in [0.1, 0.15) is 12.8 Å². The lowest BCUT2D eigenvalue weighted by Gasteiger charge is -2.10. The van der Waals surface area contributed by atoms with Crippen LogP contribution >= 0.6 is 23.1 Å². The van der Waals surface area contributed by atoms with Gasteiger partial charge in [0.1, 0.15) is 16.2 Å². The molecule has 0 spiro atoms. The van der Waals surface area contributed by atoms with Gasteiger partial charge in [0.2, 0.25) is 5.91 Å². The maximum Gasteiger partial charge on any atom is 0.217 e. The van der Waals surface area contributed by atoms with Gasteiger partial charge in [-0.2, -0.15) is 0 Å². The molecule has 26 heavy (non-hydrogen) atoms. The Kier molecular flexibility index (Phi) is 5.95. The Bertz CT molecular complexity index is 927. The molecule has 0 fully saturated rings. The molecule has 6 nitrogen and oxygen atoms in total. The maximum atomic E-state index is 10.9. The molecule has 0 radical (unpaired) electrons. The smallest absolute Gasteiger partial charge is 0.217 e. The Morgan fingerprint density at radius 2 is 2.04 bits per heavy atom. The summed E-state index contributed by atoms with van der Waals surface area (Å²) in [6, 6.07) is 5.84. The van der Waals surface area contributed by atoms with Crippen molar-refractivity contribution in [1.82, 2.24) is 9.97 Å². The van der Waals surface area contributed by atoms with E-state index in [9.17, 15) is 4.79 Å². The SMILES string of the molecule is COc1ccc(-c2csc3ncnc(SCCCC(N)=O)c23)cc1OC. The van der Waals surface area contributed by atoms with Gasteiger partial charge in [0.15, 0.2) is 11.5 Å². The van der Waals surface area contributed by atoms with Crippen LogP contribution < -0.4 is 15.2 Å². The molecule has 1 amide bonds. The van der Waals surface area contributed by atoms with E-state index in [1.807, 2.05) is 18.2 Å². The van der Waals surface area contributed by atoms with Gasteiger partial charge in [-0.15, -0.1) is 23.1 Å². The van der Waals surface area contributed by atoms with Crippen molar-refractivity contribution < 1.29 is 14.3 Å². The van der Waals surface area contributed by atoms with Crippen molar-refractivity contribution in [1.29, 1.82) is 0 Å². The molecule has 2 N–H and O–H groups in total. The van der Waals surface area contributed by atoms with E-state index in [4.69, 9.17) is 15.2 Å². The third-order valence-corrected chi connectivity index (χ3v) is 5.80. The van der Waals surface area contributed by atoms with Crippen LogP contribution in [-0.2, 0) is 4.79 Å². The molecule has 8 heteroatoms. The number of ether oxygens (including phenoxy) is 2. The van der Waals surface area contributed by atoms with Crippen molar-refractivity contribution in [2.24, 2.45) is 5.73 Å². The van der Waals surface area contributed by atoms with E-state index in [2.05, 4.69) is 15.3 Å². The van der Waals surface area contributed by atoms with Crippen LogP contribution in [0, 0.1) is 0 Å². The third kappa shape index (κ3) is 3.91. The second-order valence-electron chi connectivity index (χ2n) is 5.50. The Morgan fingerprint density at radius 3 is 2.77 bits per heavy atom. The quantitative estimate of drug-likeness (QED) is 0.359. The Hall–Kier alpha value is -2.32. The molecule has 0 aliphatic carbocycles. The standard InChI is InChI=1S/C18H19N3O3S2/c1-23-13-6-5-11(8-14(13)24-2)12-9-26-18-16(12)17(20-10-21-18)25-7-3-4-15(19)22/h5-6,8-10H,3-4,7H2,1-2H3,(H2,19,22). The lowest BCUT2D eigenvalue weighted by Crippen LogP contribution is -2.10. The van der Waals surface area contributed by atoms with E-state index in [1.165, 1.54) is 0 Å². The summed E-state index contributed by atoms with van der Waals surface area (Å²) in [4.78, 5) is 20.7. The number of amides is 1. The third-order valence-electron chi connectivity index (χ3n) is 3.84. The van der Waals surface area contributed by atoms with Crippen molar-refractivity contribution in [3.8, 4) is 22.6 Å². The molecule has 0 saturated carbocycles. The number of carbonyl (C=O) groups excluding carboxylic acids is 1. The minimum Gasteiger partial charge on any atom is -0.493 e. The fraction of sp³-hybridized carbons (Fsp3) is 0.278. The second kappa shape index (κ2) is 8.37.